The highest BCUT2D eigenvalue weighted by molar-refractivity contribution is 7.79. The summed E-state index contributed by atoms with van der Waals surface area (Å²) in [4.78, 5) is 31.4. The summed E-state index contributed by atoms with van der Waals surface area (Å²) in [6.45, 7) is 0.199. The van der Waals surface area contributed by atoms with E-state index in [1.54, 1.807) is 12.4 Å². The summed E-state index contributed by atoms with van der Waals surface area (Å²) >= 11 is 16.9. The van der Waals surface area contributed by atoms with Crippen LogP contribution in [0, 0.1) is 0 Å². The number of hydrogen-bond donors (Lipinski definition) is 3. The first-order valence-electron chi connectivity index (χ1n) is 9.32. The number of anilines is 2. The van der Waals surface area contributed by atoms with Crippen molar-refractivity contribution in [2.45, 2.75) is 6.54 Å². The molecule has 0 aliphatic rings. The van der Waals surface area contributed by atoms with E-state index < -0.39 is 28.6 Å². The Hall–Kier alpha value is -2.25. The van der Waals surface area contributed by atoms with E-state index in [0.29, 0.717) is 10.6 Å². The second-order valence-corrected chi connectivity index (χ2v) is 9.96. The Morgan fingerprint density at radius 2 is 1.91 bits per heavy atom. The first-order chi connectivity index (χ1) is 16.0. The number of nitrogens with one attached hydrogen (secondary N) is 2. The lowest BCUT2D eigenvalue weighted by Crippen LogP contribution is -2.22. The van der Waals surface area contributed by atoms with Crippen molar-refractivity contribution in [3.8, 4) is 5.75 Å². The average molecular weight is 563 g/mol. The molecule has 180 valence electrons. The highest BCUT2D eigenvalue weighted by Crippen LogP contribution is 2.35. The number of benzene rings is 1. The van der Waals surface area contributed by atoms with Crippen LogP contribution >= 0.6 is 46.1 Å². The van der Waals surface area contributed by atoms with Crippen molar-refractivity contribution in [2.75, 3.05) is 23.6 Å². The van der Waals surface area contributed by atoms with Crippen LogP contribution in [0.1, 0.15) is 25.6 Å². The summed E-state index contributed by atoms with van der Waals surface area (Å²) in [7, 11) is 1.59. The number of phenols is 1. The molecule has 9 nitrogen and oxygen atoms in total. The largest absolute Gasteiger partial charge is 0.771 e. The monoisotopic (exact) mass is 561 g/mol. The Kier molecular flexibility index (Phi) is 8.88. The molecule has 0 bridgehead atoms. The number of phenolic OH excluding ortho intramolecular Hbond substituents is 1. The fraction of sp³-hybridized carbons (Fsp3) is 0.150. The summed E-state index contributed by atoms with van der Waals surface area (Å²) in [5.41, 5.74) is 0.267. The van der Waals surface area contributed by atoms with Crippen molar-refractivity contribution in [3.63, 3.8) is 0 Å². The van der Waals surface area contributed by atoms with Crippen LogP contribution in [0.3, 0.4) is 0 Å². The topological polar surface area (TPSA) is 135 Å². The molecule has 0 saturated carbocycles. The molecular formula is C20H16Cl3N4O5S2-. The molecule has 3 rings (SSSR count). The van der Waals surface area contributed by atoms with E-state index in [1.165, 1.54) is 35.4 Å². The second kappa shape index (κ2) is 11.5. The molecule has 0 aliphatic carbocycles. The molecule has 0 radical (unpaired) electrons. The molecule has 34 heavy (non-hydrogen) atoms. The quantitative estimate of drug-likeness (QED) is 0.270. The van der Waals surface area contributed by atoms with E-state index in [-0.39, 0.29) is 44.4 Å². The van der Waals surface area contributed by atoms with Gasteiger partial charge < -0.3 is 20.3 Å². The number of rotatable bonds is 8. The van der Waals surface area contributed by atoms with Gasteiger partial charge in [0.1, 0.15) is 16.4 Å². The smallest absolute Gasteiger partial charge is 0.267 e. The van der Waals surface area contributed by atoms with E-state index in [0.717, 1.165) is 11.3 Å². The second-order valence-electron chi connectivity index (χ2n) is 6.97. The molecule has 2 amide bonds. The SMILES string of the molecule is CN(Cc1csc(C(=O)Nc2c(O)cc(Cl)cc2C(=O)Nc2ccc(Cl)cn2)c1Cl)CS(=O)[O-]. The number of carbonyl (C=O) groups excluding carboxylic acids is 2. The first-order valence-corrected chi connectivity index (χ1v) is 12.6. The van der Waals surface area contributed by atoms with Gasteiger partial charge in [-0.05, 0) is 47.3 Å². The number of pyridine rings is 1. The zero-order chi connectivity index (χ0) is 25.0. The summed E-state index contributed by atoms with van der Waals surface area (Å²) in [6, 6.07) is 5.47. The van der Waals surface area contributed by atoms with E-state index in [4.69, 9.17) is 34.8 Å². The summed E-state index contributed by atoms with van der Waals surface area (Å²) in [5.74, 6) is -1.80. The fourth-order valence-corrected chi connectivity index (χ4v) is 4.88. The van der Waals surface area contributed by atoms with Crippen molar-refractivity contribution < 1.29 is 23.5 Å². The van der Waals surface area contributed by atoms with Crippen LogP contribution in [0.4, 0.5) is 11.5 Å². The zero-order valence-corrected chi connectivity index (χ0v) is 21.2. The number of hydrogen-bond acceptors (Lipinski definition) is 8. The minimum Gasteiger partial charge on any atom is -0.771 e. The van der Waals surface area contributed by atoms with Crippen LogP contribution < -0.4 is 10.6 Å². The van der Waals surface area contributed by atoms with Crippen molar-refractivity contribution in [3.05, 3.63) is 66.9 Å². The number of aromatic nitrogens is 1. The number of thiophene rings is 1. The van der Waals surface area contributed by atoms with Crippen molar-refractivity contribution in [1.82, 2.24) is 9.88 Å². The molecule has 1 aromatic carbocycles. The van der Waals surface area contributed by atoms with E-state index in [9.17, 15) is 23.5 Å². The van der Waals surface area contributed by atoms with Gasteiger partial charge in [0.25, 0.3) is 11.8 Å². The predicted octanol–water partition coefficient (Wildman–Crippen LogP) is 4.58. The summed E-state index contributed by atoms with van der Waals surface area (Å²) in [6.07, 6.45) is 1.35. The van der Waals surface area contributed by atoms with Crippen LogP contribution in [0.5, 0.6) is 5.75 Å². The summed E-state index contributed by atoms with van der Waals surface area (Å²) in [5, 5.41) is 17.6. The number of carbonyl (C=O) groups is 2. The Morgan fingerprint density at radius 1 is 1.18 bits per heavy atom. The lowest BCUT2D eigenvalue weighted by molar-refractivity contribution is 0.102. The first kappa shape index (κ1) is 26.4. The maximum absolute atomic E-state index is 12.9. The Morgan fingerprint density at radius 3 is 2.56 bits per heavy atom. The number of nitrogens with zero attached hydrogens (tertiary/aromatic N) is 2. The number of aromatic hydroxyl groups is 1. The van der Waals surface area contributed by atoms with Gasteiger partial charge in [-0.3, -0.25) is 18.7 Å². The predicted molar refractivity (Wildman–Crippen MR) is 133 cm³/mol. The minimum absolute atomic E-state index is 0.0694. The summed E-state index contributed by atoms with van der Waals surface area (Å²) < 4.78 is 21.7. The lowest BCUT2D eigenvalue weighted by Gasteiger charge is -2.17. The third-order valence-corrected chi connectivity index (χ3v) is 6.97. The van der Waals surface area contributed by atoms with E-state index >= 15 is 0 Å². The molecule has 3 aromatic rings. The van der Waals surface area contributed by atoms with Gasteiger partial charge in [-0.15, -0.1) is 11.3 Å². The van der Waals surface area contributed by atoms with Crippen LogP contribution in [-0.4, -0.2) is 48.5 Å². The van der Waals surface area contributed by atoms with Gasteiger partial charge >= 0.3 is 0 Å². The number of halogens is 3. The zero-order valence-electron chi connectivity index (χ0n) is 17.3. The third-order valence-electron chi connectivity index (χ3n) is 4.31. The van der Waals surface area contributed by atoms with Crippen LogP contribution in [0.2, 0.25) is 15.1 Å². The Labute approximate surface area is 215 Å². The molecule has 1 atom stereocenters. The molecule has 3 N–H and O–H groups in total. The highest BCUT2D eigenvalue weighted by Gasteiger charge is 2.23. The van der Waals surface area contributed by atoms with Gasteiger partial charge in [0.2, 0.25) is 0 Å². The van der Waals surface area contributed by atoms with Gasteiger partial charge in [0.15, 0.2) is 0 Å². The minimum atomic E-state index is -2.26. The molecule has 0 spiro atoms. The molecule has 1 unspecified atom stereocenters. The van der Waals surface area contributed by atoms with Gasteiger partial charge in [0, 0.05) is 23.8 Å². The van der Waals surface area contributed by atoms with Gasteiger partial charge in [-0.25, -0.2) is 4.98 Å². The average Bonchev–Trinajstić information content (AvgIpc) is 3.10. The Balaban J connectivity index is 1.84. The van der Waals surface area contributed by atoms with Gasteiger partial charge in [0.05, 0.1) is 27.2 Å². The maximum Gasteiger partial charge on any atom is 0.267 e. The van der Waals surface area contributed by atoms with Crippen LogP contribution in [0.15, 0.2) is 35.8 Å². The lowest BCUT2D eigenvalue weighted by atomic mass is 10.1. The third kappa shape index (κ3) is 6.66. The molecule has 14 heteroatoms. The molecule has 0 saturated heterocycles. The standard InChI is InChI=1S/C20H17Cl3N4O5S2/c1-27(9-34(31)32)7-10-8-33-18(16(10)23)20(30)26-17-13(4-12(22)5-14(17)28)19(29)25-15-3-2-11(21)6-24-15/h2-6,8,28H,7,9H2,1H3,(H,26,30)(H,31,32)(H,24,25,29)/p-1. The molecule has 0 fully saturated rings. The Bertz CT molecular complexity index is 1250. The number of amides is 2. The van der Waals surface area contributed by atoms with Crippen molar-refractivity contribution in [2.24, 2.45) is 0 Å². The molecular weight excluding hydrogens is 547 g/mol. The fourth-order valence-electron chi connectivity index (χ4n) is 2.86. The van der Waals surface area contributed by atoms with Crippen LogP contribution in [0.25, 0.3) is 0 Å². The molecule has 2 aromatic heterocycles. The highest BCUT2D eigenvalue weighted by atomic mass is 35.5. The van der Waals surface area contributed by atoms with Gasteiger partial charge in [-0.1, -0.05) is 34.8 Å². The van der Waals surface area contributed by atoms with E-state index in [2.05, 4.69) is 15.6 Å². The van der Waals surface area contributed by atoms with Crippen molar-refractivity contribution >= 4 is 80.5 Å². The normalized spacial score (nSPS) is 11.9. The van der Waals surface area contributed by atoms with Gasteiger partial charge in [-0.2, -0.15) is 0 Å². The molecule has 0 aliphatic heterocycles. The maximum atomic E-state index is 12.9. The molecule has 2 heterocycles. The van der Waals surface area contributed by atoms with Crippen LogP contribution in [-0.2, 0) is 17.6 Å². The van der Waals surface area contributed by atoms with Crippen molar-refractivity contribution in [1.29, 1.82) is 0 Å². The van der Waals surface area contributed by atoms with E-state index in [1.807, 2.05) is 0 Å².